The second-order valence-corrected chi connectivity index (χ2v) is 6.71. The van der Waals surface area contributed by atoms with E-state index in [1.54, 1.807) is 31.4 Å². The Morgan fingerprint density at radius 2 is 1.81 bits per heavy atom. The van der Waals surface area contributed by atoms with Gasteiger partial charge in [-0.05, 0) is 23.8 Å². The number of carbonyl (C=O) groups is 1. The zero-order valence-electron chi connectivity index (χ0n) is 14.6. The molecule has 3 rings (SSSR count). The first-order chi connectivity index (χ1) is 12.4. The highest BCUT2D eigenvalue weighted by Crippen LogP contribution is 2.27. The van der Waals surface area contributed by atoms with E-state index in [0.717, 1.165) is 15.0 Å². The SMILES string of the molecule is COC(=O)c1ccc(CSc2ccnc3c2c(=O)n(C)c(=O)n3C)cc1. The van der Waals surface area contributed by atoms with Gasteiger partial charge >= 0.3 is 11.7 Å². The van der Waals surface area contributed by atoms with Crippen LogP contribution in [0.2, 0.25) is 0 Å². The molecule has 0 saturated heterocycles. The monoisotopic (exact) mass is 371 g/mol. The second kappa shape index (κ2) is 7.17. The van der Waals surface area contributed by atoms with Crippen molar-refractivity contribution in [3.63, 3.8) is 0 Å². The maximum Gasteiger partial charge on any atom is 0.337 e. The van der Waals surface area contributed by atoms with E-state index < -0.39 is 5.69 Å². The molecule has 1 aromatic carbocycles. The van der Waals surface area contributed by atoms with Gasteiger partial charge in [0.2, 0.25) is 0 Å². The highest BCUT2D eigenvalue weighted by atomic mass is 32.2. The number of pyridine rings is 1. The summed E-state index contributed by atoms with van der Waals surface area (Å²) in [5.41, 5.74) is 1.08. The van der Waals surface area contributed by atoms with Gasteiger partial charge in [0.05, 0.1) is 18.1 Å². The number of aromatic nitrogens is 3. The maximum atomic E-state index is 12.5. The Labute approximate surface area is 153 Å². The Kier molecular flexibility index (Phi) is 4.94. The van der Waals surface area contributed by atoms with Gasteiger partial charge in [-0.3, -0.25) is 13.9 Å². The quantitative estimate of drug-likeness (QED) is 0.513. The highest BCUT2D eigenvalue weighted by molar-refractivity contribution is 7.98. The fraction of sp³-hybridized carbons (Fsp3) is 0.222. The molecule has 0 aliphatic rings. The standard InChI is InChI=1S/C18H17N3O4S/c1-20-15-14(16(22)21(2)18(20)24)13(8-9-19-15)26-10-11-4-6-12(7-5-11)17(23)25-3/h4-9H,10H2,1-3H3. The van der Waals surface area contributed by atoms with Crippen LogP contribution in [0.5, 0.6) is 0 Å². The molecule has 26 heavy (non-hydrogen) atoms. The maximum absolute atomic E-state index is 12.5. The van der Waals surface area contributed by atoms with E-state index in [-0.39, 0.29) is 11.5 Å². The molecule has 0 saturated carbocycles. The van der Waals surface area contributed by atoms with Crippen LogP contribution >= 0.6 is 11.8 Å². The van der Waals surface area contributed by atoms with E-state index in [0.29, 0.717) is 22.3 Å². The third kappa shape index (κ3) is 3.15. The number of hydrogen-bond donors (Lipinski definition) is 0. The molecule has 0 spiro atoms. The van der Waals surface area contributed by atoms with Crippen molar-refractivity contribution in [2.75, 3.05) is 7.11 Å². The number of benzene rings is 1. The van der Waals surface area contributed by atoms with Crippen LogP contribution in [-0.2, 0) is 24.6 Å². The number of hydrogen-bond acceptors (Lipinski definition) is 6. The predicted octanol–water partition coefficient (Wildman–Crippen LogP) is 1.71. The number of carbonyl (C=O) groups excluding carboxylic acids is 1. The van der Waals surface area contributed by atoms with Gasteiger partial charge in [-0.2, -0.15) is 0 Å². The first kappa shape index (κ1) is 17.9. The molecular weight excluding hydrogens is 354 g/mol. The number of methoxy groups -OCH3 is 1. The van der Waals surface area contributed by atoms with Gasteiger partial charge in [-0.15, -0.1) is 11.8 Å². The molecule has 3 aromatic rings. The normalized spacial score (nSPS) is 10.9. The minimum atomic E-state index is -0.407. The fourth-order valence-electron chi connectivity index (χ4n) is 2.60. The molecule has 0 bridgehead atoms. The zero-order valence-corrected chi connectivity index (χ0v) is 15.4. The second-order valence-electron chi connectivity index (χ2n) is 5.69. The van der Waals surface area contributed by atoms with Crippen molar-refractivity contribution in [2.45, 2.75) is 10.6 Å². The molecule has 0 aliphatic heterocycles. The lowest BCUT2D eigenvalue weighted by molar-refractivity contribution is 0.0600. The molecule has 0 amide bonds. The minimum Gasteiger partial charge on any atom is -0.465 e. The van der Waals surface area contributed by atoms with Crippen LogP contribution in [0.15, 0.2) is 51.0 Å². The van der Waals surface area contributed by atoms with Gasteiger partial charge in [0.25, 0.3) is 5.56 Å². The summed E-state index contributed by atoms with van der Waals surface area (Å²) in [6, 6.07) is 8.86. The number of ether oxygens (including phenoxy) is 1. The lowest BCUT2D eigenvalue weighted by Crippen LogP contribution is -2.37. The van der Waals surface area contributed by atoms with Crippen LogP contribution in [0.4, 0.5) is 0 Å². The molecule has 0 aliphatic carbocycles. The van der Waals surface area contributed by atoms with Crippen LogP contribution in [0.25, 0.3) is 11.0 Å². The summed E-state index contributed by atoms with van der Waals surface area (Å²) < 4.78 is 7.13. The molecule has 8 heteroatoms. The van der Waals surface area contributed by atoms with Crippen molar-refractivity contribution in [2.24, 2.45) is 14.1 Å². The Morgan fingerprint density at radius 3 is 2.46 bits per heavy atom. The van der Waals surface area contributed by atoms with Crippen LogP contribution < -0.4 is 11.2 Å². The van der Waals surface area contributed by atoms with E-state index in [2.05, 4.69) is 9.72 Å². The van der Waals surface area contributed by atoms with Crippen molar-refractivity contribution >= 4 is 28.8 Å². The summed E-state index contributed by atoms with van der Waals surface area (Å²) in [5.74, 6) is 0.223. The molecular formula is C18H17N3O4S. The first-order valence-corrected chi connectivity index (χ1v) is 8.77. The van der Waals surface area contributed by atoms with E-state index in [9.17, 15) is 14.4 Å². The zero-order chi connectivity index (χ0) is 18.8. The van der Waals surface area contributed by atoms with Gasteiger partial charge in [-0.25, -0.2) is 14.6 Å². The Hall–Kier alpha value is -2.87. The number of rotatable bonds is 4. The highest BCUT2D eigenvalue weighted by Gasteiger charge is 2.14. The Morgan fingerprint density at radius 1 is 1.12 bits per heavy atom. The third-order valence-electron chi connectivity index (χ3n) is 4.07. The largest absolute Gasteiger partial charge is 0.465 e. The molecule has 0 fully saturated rings. The van der Waals surface area contributed by atoms with Crippen molar-refractivity contribution in [3.8, 4) is 0 Å². The fourth-order valence-corrected chi connectivity index (χ4v) is 3.59. The summed E-state index contributed by atoms with van der Waals surface area (Å²) >= 11 is 1.48. The minimum absolute atomic E-state index is 0.361. The third-order valence-corrected chi connectivity index (χ3v) is 5.20. The molecule has 0 atom stereocenters. The van der Waals surface area contributed by atoms with Crippen LogP contribution in [0, 0.1) is 0 Å². The van der Waals surface area contributed by atoms with Crippen molar-refractivity contribution in [3.05, 3.63) is 68.5 Å². The van der Waals surface area contributed by atoms with Crippen LogP contribution in [0.3, 0.4) is 0 Å². The van der Waals surface area contributed by atoms with E-state index >= 15 is 0 Å². The van der Waals surface area contributed by atoms with E-state index in [4.69, 9.17) is 0 Å². The Bertz CT molecular complexity index is 1100. The van der Waals surface area contributed by atoms with Gasteiger partial charge < -0.3 is 4.74 Å². The van der Waals surface area contributed by atoms with E-state index in [1.165, 1.54) is 30.5 Å². The number of esters is 1. The summed E-state index contributed by atoms with van der Waals surface area (Å²) in [5, 5.41) is 0.424. The van der Waals surface area contributed by atoms with Crippen LogP contribution in [-0.4, -0.2) is 27.2 Å². The average molecular weight is 371 g/mol. The summed E-state index contributed by atoms with van der Waals surface area (Å²) in [4.78, 5) is 41.0. The molecule has 2 aromatic heterocycles. The van der Waals surface area contributed by atoms with Gasteiger partial charge in [0.15, 0.2) is 0 Å². The molecule has 0 radical (unpaired) electrons. The molecule has 2 heterocycles. The molecule has 0 unspecified atom stereocenters. The summed E-state index contributed by atoms with van der Waals surface area (Å²) in [7, 11) is 4.39. The summed E-state index contributed by atoms with van der Waals surface area (Å²) in [6.07, 6.45) is 1.59. The van der Waals surface area contributed by atoms with Crippen LogP contribution in [0.1, 0.15) is 15.9 Å². The molecule has 7 nitrogen and oxygen atoms in total. The summed E-state index contributed by atoms with van der Waals surface area (Å²) in [6.45, 7) is 0. The first-order valence-electron chi connectivity index (χ1n) is 7.79. The molecule has 134 valence electrons. The van der Waals surface area contributed by atoms with Gasteiger partial charge in [-0.1, -0.05) is 12.1 Å². The number of nitrogens with zero attached hydrogens (tertiary/aromatic N) is 3. The predicted molar refractivity (Wildman–Crippen MR) is 99.6 cm³/mol. The van der Waals surface area contributed by atoms with Crippen molar-refractivity contribution in [1.82, 2.24) is 14.1 Å². The van der Waals surface area contributed by atoms with Crippen molar-refractivity contribution in [1.29, 1.82) is 0 Å². The number of aryl methyl sites for hydroxylation is 1. The van der Waals surface area contributed by atoms with E-state index in [1.807, 2.05) is 12.1 Å². The number of thioether (sulfide) groups is 1. The topological polar surface area (TPSA) is 83.2 Å². The number of fused-ring (bicyclic) bond motifs is 1. The molecule has 0 N–H and O–H groups in total. The lowest BCUT2D eigenvalue weighted by atomic mass is 10.1. The lowest BCUT2D eigenvalue weighted by Gasteiger charge is -2.10. The smallest absolute Gasteiger partial charge is 0.337 e. The Balaban J connectivity index is 1.94. The van der Waals surface area contributed by atoms with Crippen molar-refractivity contribution < 1.29 is 9.53 Å². The average Bonchev–Trinajstić information content (AvgIpc) is 2.68. The van der Waals surface area contributed by atoms with Gasteiger partial charge in [0, 0.05) is 30.9 Å². The van der Waals surface area contributed by atoms with Gasteiger partial charge in [0.1, 0.15) is 5.65 Å².